The summed E-state index contributed by atoms with van der Waals surface area (Å²) in [5.41, 5.74) is 2.05. The Labute approximate surface area is 178 Å². The number of nitrogens with zero attached hydrogens (tertiary/aromatic N) is 4. The maximum absolute atomic E-state index is 12.8. The molecule has 0 aliphatic rings. The molecule has 2 heterocycles. The highest BCUT2D eigenvalue weighted by molar-refractivity contribution is 7.90. The predicted molar refractivity (Wildman–Crippen MR) is 118 cm³/mol. The van der Waals surface area contributed by atoms with E-state index in [0.29, 0.717) is 39.0 Å². The minimum absolute atomic E-state index is 0.148. The summed E-state index contributed by atoms with van der Waals surface area (Å²) in [4.78, 5) is 16.3. The van der Waals surface area contributed by atoms with Crippen molar-refractivity contribution in [3.8, 4) is 22.6 Å². The van der Waals surface area contributed by atoms with Crippen molar-refractivity contribution < 1.29 is 13.2 Å². The second-order valence-corrected chi connectivity index (χ2v) is 9.09. The van der Waals surface area contributed by atoms with Gasteiger partial charge in [-0.05, 0) is 41.8 Å². The largest absolute Gasteiger partial charge is 0.496 e. The number of ether oxygens (including phenoxy) is 1. The van der Waals surface area contributed by atoms with E-state index in [4.69, 9.17) is 11.3 Å². The molecule has 4 rings (SSSR count). The Kier molecular flexibility index (Phi) is 4.87. The van der Waals surface area contributed by atoms with Gasteiger partial charge in [0.2, 0.25) is 5.69 Å². The predicted octanol–water partition coefficient (Wildman–Crippen LogP) is 3.35. The van der Waals surface area contributed by atoms with Gasteiger partial charge < -0.3 is 9.30 Å². The Morgan fingerprint density at radius 2 is 1.84 bits per heavy atom. The van der Waals surface area contributed by atoms with Gasteiger partial charge in [-0.25, -0.2) is 13.3 Å². The molecule has 2 aromatic heterocycles. The summed E-state index contributed by atoms with van der Waals surface area (Å²) >= 11 is 0. The molecule has 0 amide bonds. The highest BCUT2D eigenvalue weighted by atomic mass is 32.2. The van der Waals surface area contributed by atoms with Crippen LogP contribution in [0.3, 0.4) is 0 Å². The molecule has 156 valence electrons. The molecule has 8 nitrogen and oxygen atoms in total. The van der Waals surface area contributed by atoms with Gasteiger partial charge in [-0.3, -0.25) is 9.48 Å². The van der Waals surface area contributed by atoms with E-state index in [1.807, 2.05) is 0 Å². The van der Waals surface area contributed by atoms with Gasteiger partial charge in [0.25, 0.3) is 5.56 Å². The van der Waals surface area contributed by atoms with E-state index in [2.05, 4.69) is 9.94 Å². The molecule has 0 aliphatic heterocycles. The molecule has 4 aromatic rings. The van der Waals surface area contributed by atoms with E-state index in [9.17, 15) is 13.2 Å². The van der Waals surface area contributed by atoms with Crippen LogP contribution in [0.5, 0.6) is 5.75 Å². The fraction of sp³-hybridized carbons (Fsp3) is 0.136. The monoisotopic (exact) mass is 434 g/mol. The first kappa shape index (κ1) is 20.4. The molecule has 0 spiro atoms. The van der Waals surface area contributed by atoms with Crippen molar-refractivity contribution in [2.24, 2.45) is 7.05 Å². The van der Waals surface area contributed by atoms with Gasteiger partial charge in [-0.2, -0.15) is 5.10 Å². The molecule has 0 atom stereocenters. The van der Waals surface area contributed by atoms with Crippen LogP contribution in [0.2, 0.25) is 0 Å². The second kappa shape index (κ2) is 7.41. The summed E-state index contributed by atoms with van der Waals surface area (Å²) < 4.78 is 32.8. The van der Waals surface area contributed by atoms with Crippen LogP contribution in [0.4, 0.5) is 5.69 Å². The molecule has 0 unspecified atom stereocenters. The number of methoxy groups -OCH3 is 1. The van der Waals surface area contributed by atoms with Gasteiger partial charge in [0.15, 0.2) is 9.84 Å². The van der Waals surface area contributed by atoms with Crippen molar-refractivity contribution in [2.75, 3.05) is 13.4 Å². The van der Waals surface area contributed by atoms with Crippen molar-refractivity contribution >= 4 is 26.3 Å². The average molecular weight is 434 g/mol. The van der Waals surface area contributed by atoms with Gasteiger partial charge in [-0.1, -0.05) is 0 Å². The SMILES string of the molecule is [C-]#[N+]c1cnn(-c2ccc3c(=O)n(C)cc(-c4cc(S(C)(=O)=O)ccc4OC)c3c2)c1. The Hall–Kier alpha value is -3.90. The van der Waals surface area contributed by atoms with Gasteiger partial charge in [0.05, 0.1) is 30.5 Å². The molecule has 31 heavy (non-hydrogen) atoms. The Balaban J connectivity index is 2.06. The zero-order valence-corrected chi connectivity index (χ0v) is 17.8. The summed E-state index contributed by atoms with van der Waals surface area (Å²) in [6.45, 7) is 7.13. The van der Waals surface area contributed by atoms with E-state index < -0.39 is 9.84 Å². The average Bonchev–Trinajstić information content (AvgIpc) is 3.24. The van der Waals surface area contributed by atoms with Crippen molar-refractivity contribution in [2.45, 2.75) is 4.90 Å². The summed E-state index contributed by atoms with van der Waals surface area (Å²) in [5, 5.41) is 5.28. The minimum Gasteiger partial charge on any atom is -0.496 e. The van der Waals surface area contributed by atoms with E-state index in [-0.39, 0.29) is 10.5 Å². The normalized spacial score (nSPS) is 11.4. The fourth-order valence-electron chi connectivity index (χ4n) is 3.45. The standard InChI is InChI=1S/C22H18N4O4S/c1-23-14-11-24-26(12-14)15-5-7-17-18(9-15)20(13-25(2)22(17)27)19-10-16(31(4,28)29)6-8-21(19)30-3/h5-13H,2-4H3. The third-order valence-electron chi connectivity index (χ3n) is 5.02. The first-order valence-corrected chi connectivity index (χ1v) is 11.1. The quantitative estimate of drug-likeness (QED) is 0.460. The van der Waals surface area contributed by atoms with Crippen LogP contribution in [0.15, 0.2) is 64.7 Å². The number of fused-ring (bicyclic) bond motifs is 1. The maximum atomic E-state index is 12.8. The van der Waals surface area contributed by atoms with E-state index in [0.717, 1.165) is 6.26 Å². The first-order chi connectivity index (χ1) is 14.7. The molecule has 0 saturated carbocycles. The number of aromatic nitrogens is 3. The number of hydrogen-bond acceptors (Lipinski definition) is 5. The lowest BCUT2D eigenvalue weighted by atomic mass is 9.99. The summed E-state index contributed by atoms with van der Waals surface area (Å²) in [7, 11) is -0.303. The van der Waals surface area contributed by atoms with Gasteiger partial charge >= 0.3 is 0 Å². The Bertz CT molecular complexity index is 1540. The fourth-order valence-corrected chi connectivity index (χ4v) is 4.10. The third kappa shape index (κ3) is 3.58. The van der Waals surface area contributed by atoms with E-state index in [1.165, 1.54) is 23.9 Å². The zero-order chi connectivity index (χ0) is 22.3. The molecular formula is C22H18N4O4S. The van der Waals surface area contributed by atoms with Crippen LogP contribution in [-0.4, -0.2) is 36.1 Å². The van der Waals surface area contributed by atoms with Crippen molar-refractivity contribution in [1.82, 2.24) is 14.3 Å². The van der Waals surface area contributed by atoms with Crippen molar-refractivity contribution in [1.29, 1.82) is 0 Å². The van der Waals surface area contributed by atoms with Crippen molar-refractivity contribution in [3.63, 3.8) is 0 Å². The smallest absolute Gasteiger partial charge is 0.258 e. The molecule has 9 heteroatoms. The lowest BCUT2D eigenvalue weighted by molar-refractivity contribution is 0.416. The van der Waals surface area contributed by atoms with Crippen LogP contribution >= 0.6 is 0 Å². The van der Waals surface area contributed by atoms with Crippen LogP contribution in [0, 0.1) is 6.57 Å². The van der Waals surface area contributed by atoms with Gasteiger partial charge in [0.1, 0.15) is 5.75 Å². The Morgan fingerprint density at radius 3 is 2.48 bits per heavy atom. The number of hydrogen-bond donors (Lipinski definition) is 0. The number of pyridine rings is 1. The summed E-state index contributed by atoms with van der Waals surface area (Å²) in [6, 6.07) is 9.87. The molecule has 0 bridgehead atoms. The summed E-state index contributed by atoms with van der Waals surface area (Å²) in [5.74, 6) is 0.479. The first-order valence-electron chi connectivity index (χ1n) is 9.17. The molecule has 0 saturated heterocycles. The van der Waals surface area contributed by atoms with Crippen LogP contribution in [0.25, 0.3) is 32.4 Å². The molecule has 0 N–H and O–H groups in total. The van der Waals surface area contributed by atoms with Crippen LogP contribution in [0.1, 0.15) is 0 Å². The summed E-state index contributed by atoms with van der Waals surface area (Å²) in [6.07, 6.45) is 5.86. The van der Waals surface area contributed by atoms with Gasteiger partial charge in [0, 0.05) is 42.2 Å². The number of sulfone groups is 1. The van der Waals surface area contributed by atoms with Crippen LogP contribution < -0.4 is 10.3 Å². The van der Waals surface area contributed by atoms with E-state index in [1.54, 1.807) is 54.5 Å². The highest BCUT2D eigenvalue weighted by Gasteiger charge is 2.17. The molecular weight excluding hydrogens is 416 g/mol. The Morgan fingerprint density at radius 1 is 1.06 bits per heavy atom. The third-order valence-corrected chi connectivity index (χ3v) is 6.13. The number of benzene rings is 2. The number of aryl methyl sites for hydroxylation is 1. The lowest BCUT2D eigenvalue weighted by Crippen LogP contribution is -2.17. The topological polar surface area (TPSA) is 87.5 Å². The second-order valence-electron chi connectivity index (χ2n) is 7.08. The van der Waals surface area contributed by atoms with Crippen molar-refractivity contribution in [3.05, 3.63) is 76.8 Å². The zero-order valence-electron chi connectivity index (χ0n) is 17.0. The van der Waals surface area contributed by atoms with E-state index >= 15 is 0 Å². The molecule has 2 aromatic carbocycles. The maximum Gasteiger partial charge on any atom is 0.258 e. The van der Waals surface area contributed by atoms with Crippen LogP contribution in [-0.2, 0) is 16.9 Å². The molecule has 0 fully saturated rings. The minimum atomic E-state index is -3.45. The number of rotatable bonds is 4. The highest BCUT2D eigenvalue weighted by Crippen LogP contribution is 2.36. The molecule has 0 aliphatic carbocycles. The molecule has 0 radical (unpaired) electrons. The van der Waals surface area contributed by atoms with Gasteiger partial charge in [-0.15, -0.1) is 0 Å². The lowest BCUT2D eigenvalue weighted by Gasteiger charge is -2.15.